The molecule has 4 nitrogen and oxygen atoms in total. The molecule has 136 valence electrons. The summed E-state index contributed by atoms with van der Waals surface area (Å²) >= 11 is 0. The Morgan fingerprint density at radius 3 is 2.31 bits per heavy atom. The molecule has 0 aromatic heterocycles. The van der Waals surface area contributed by atoms with E-state index in [4.69, 9.17) is 0 Å². The minimum absolute atomic E-state index is 0.0429. The number of anilines is 1. The van der Waals surface area contributed by atoms with Crippen molar-refractivity contribution in [2.24, 2.45) is 0 Å². The average molecular weight is 350 g/mol. The minimum Gasteiger partial charge on any atom is -0.351 e. The summed E-state index contributed by atoms with van der Waals surface area (Å²) in [6.07, 6.45) is 4.19. The average Bonchev–Trinajstić information content (AvgIpc) is 3.48. The van der Waals surface area contributed by atoms with Crippen molar-refractivity contribution in [3.8, 4) is 0 Å². The number of benzene rings is 2. The molecule has 0 bridgehead atoms. The van der Waals surface area contributed by atoms with E-state index in [9.17, 15) is 9.59 Å². The Balaban J connectivity index is 1.59. The van der Waals surface area contributed by atoms with E-state index in [1.807, 2.05) is 54.6 Å². The Morgan fingerprint density at radius 1 is 1.00 bits per heavy atom. The summed E-state index contributed by atoms with van der Waals surface area (Å²) in [5.41, 5.74) is 2.51. The highest BCUT2D eigenvalue weighted by Crippen LogP contribution is 2.48. The molecule has 0 saturated heterocycles. The number of rotatable bonds is 8. The molecule has 2 amide bonds. The zero-order valence-electron chi connectivity index (χ0n) is 15.3. The fourth-order valence-corrected chi connectivity index (χ4v) is 3.15. The molecule has 0 radical (unpaired) electrons. The molecule has 26 heavy (non-hydrogen) atoms. The lowest BCUT2D eigenvalue weighted by molar-refractivity contribution is -0.123. The molecule has 0 aliphatic heterocycles. The van der Waals surface area contributed by atoms with Gasteiger partial charge >= 0.3 is 0 Å². The van der Waals surface area contributed by atoms with Gasteiger partial charge in [-0.2, -0.15) is 0 Å². The third-order valence-corrected chi connectivity index (χ3v) is 4.96. The van der Waals surface area contributed by atoms with E-state index in [1.165, 1.54) is 0 Å². The van der Waals surface area contributed by atoms with Gasteiger partial charge in [-0.15, -0.1) is 0 Å². The van der Waals surface area contributed by atoms with Crippen molar-refractivity contribution < 1.29 is 9.59 Å². The number of carbonyl (C=O) groups is 2. The molecular formula is C22H26N2O2. The number of hydrogen-bond donors (Lipinski definition) is 2. The zero-order chi connectivity index (χ0) is 18.4. The molecule has 1 aliphatic carbocycles. The lowest BCUT2D eigenvalue weighted by Gasteiger charge is -2.16. The van der Waals surface area contributed by atoms with E-state index in [-0.39, 0.29) is 11.8 Å². The van der Waals surface area contributed by atoms with Gasteiger partial charge in [0.2, 0.25) is 11.8 Å². The first kappa shape index (κ1) is 18.2. The Labute approximate surface area is 155 Å². The van der Waals surface area contributed by atoms with E-state index < -0.39 is 5.41 Å². The van der Waals surface area contributed by atoms with Gasteiger partial charge in [0.1, 0.15) is 0 Å². The molecule has 2 N–H and O–H groups in total. The molecule has 1 saturated carbocycles. The van der Waals surface area contributed by atoms with Crippen LogP contribution in [-0.4, -0.2) is 11.8 Å². The van der Waals surface area contributed by atoms with Crippen LogP contribution in [0.1, 0.15) is 50.2 Å². The van der Waals surface area contributed by atoms with Gasteiger partial charge in [0.15, 0.2) is 0 Å². The van der Waals surface area contributed by atoms with Gasteiger partial charge < -0.3 is 10.6 Å². The van der Waals surface area contributed by atoms with Crippen LogP contribution in [0.25, 0.3) is 0 Å². The minimum atomic E-state index is -0.403. The van der Waals surface area contributed by atoms with Crippen molar-refractivity contribution in [2.45, 2.75) is 51.0 Å². The lowest BCUT2D eigenvalue weighted by atomic mass is 9.94. The second kappa shape index (κ2) is 8.17. The van der Waals surface area contributed by atoms with Crippen LogP contribution in [0.5, 0.6) is 0 Å². The molecule has 3 rings (SSSR count). The van der Waals surface area contributed by atoms with Gasteiger partial charge in [0.25, 0.3) is 0 Å². The van der Waals surface area contributed by atoms with Crippen LogP contribution < -0.4 is 10.6 Å². The molecule has 1 aliphatic rings. The van der Waals surface area contributed by atoms with E-state index in [0.29, 0.717) is 13.0 Å². The van der Waals surface area contributed by atoms with Crippen molar-refractivity contribution in [2.75, 3.05) is 5.32 Å². The maximum absolute atomic E-state index is 12.7. The van der Waals surface area contributed by atoms with Crippen LogP contribution in [0.2, 0.25) is 0 Å². The second-order valence-electron chi connectivity index (χ2n) is 6.98. The quantitative estimate of drug-likeness (QED) is 0.751. The van der Waals surface area contributed by atoms with Crippen molar-refractivity contribution >= 4 is 17.5 Å². The van der Waals surface area contributed by atoms with Crippen LogP contribution in [0, 0.1) is 0 Å². The number of nitrogens with one attached hydrogen (secondary N) is 2. The molecule has 1 fully saturated rings. The number of carbonyl (C=O) groups excluding carboxylic acids is 2. The normalized spacial score (nSPS) is 14.5. The summed E-state index contributed by atoms with van der Waals surface area (Å²) in [6.45, 7) is 2.62. The van der Waals surface area contributed by atoms with Gasteiger partial charge in [0, 0.05) is 18.7 Å². The standard InChI is InChI=1S/C22H26N2O2/c1-2-3-9-20(25)24-19-12-10-18(11-13-19)22(14-15-22)21(26)23-16-17-7-5-4-6-8-17/h4-8,10-13H,2-3,9,14-16H2,1H3,(H,23,26)(H,24,25). The van der Waals surface area contributed by atoms with Crippen LogP contribution in [0.3, 0.4) is 0 Å². The van der Waals surface area contributed by atoms with Crippen LogP contribution >= 0.6 is 0 Å². The van der Waals surface area contributed by atoms with Crippen LogP contribution in [0.4, 0.5) is 5.69 Å². The van der Waals surface area contributed by atoms with Crippen LogP contribution in [-0.2, 0) is 21.5 Å². The maximum Gasteiger partial charge on any atom is 0.230 e. The van der Waals surface area contributed by atoms with Crippen molar-refractivity contribution in [3.63, 3.8) is 0 Å². The van der Waals surface area contributed by atoms with Crippen molar-refractivity contribution in [1.82, 2.24) is 5.32 Å². The predicted molar refractivity (Wildman–Crippen MR) is 104 cm³/mol. The fraction of sp³-hybridized carbons (Fsp3) is 0.364. The largest absolute Gasteiger partial charge is 0.351 e. The highest BCUT2D eigenvalue weighted by Gasteiger charge is 2.51. The second-order valence-corrected chi connectivity index (χ2v) is 6.98. The summed E-state index contributed by atoms with van der Waals surface area (Å²) in [7, 11) is 0. The topological polar surface area (TPSA) is 58.2 Å². The Hall–Kier alpha value is -2.62. The smallest absolute Gasteiger partial charge is 0.230 e. The summed E-state index contributed by atoms with van der Waals surface area (Å²) in [4.78, 5) is 24.5. The fourth-order valence-electron chi connectivity index (χ4n) is 3.15. The highest BCUT2D eigenvalue weighted by atomic mass is 16.2. The number of hydrogen-bond acceptors (Lipinski definition) is 2. The first-order valence-corrected chi connectivity index (χ1v) is 9.37. The summed E-state index contributed by atoms with van der Waals surface area (Å²) < 4.78 is 0. The molecule has 0 atom stereocenters. The Bertz CT molecular complexity index is 749. The van der Waals surface area contributed by atoms with Crippen molar-refractivity contribution in [1.29, 1.82) is 0 Å². The van der Waals surface area contributed by atoms with E-state index in [2.05, 4.69) is 17.6 Å². The molecule has 0 unspecified atom stereocenters. The van der Waals surface area contributed by atoms with Gasteiger partial charge in [-0.3, -0.25) is 9.59 Å². The predicted octanol–water partition coefficient (Wildman–Crippen LogP) is 4.16. The van der Waals surface area contributed by atoms with Gasteiger partial charge in [-0.1, -0.05) is 55.8 Å². The van der Waals surface area contributed by atoms with E-state index >= 15 is 0 Å². The molecule has 2 aromatic rings. The third kappa shape index (κ3) is 4.31. The molecule has 4 heteroatoms. The zero-order valence-corrected chi connectivity index (χ0v) is 15.3. The van der Waals surface area contributed by atoms with Gasteiger partial charge in [0.05, 0.1) is 5.41 Å². The highest BCUT2D eigenvalue weighted by molar-refractivity contribution is 5.92. The maximum atomic E-state index is 12.7. The number of unbranched alkanes of at least 4 members (excludes halogenated alkanes) is 1. The SMILES string of the molecule is CCCCC(=O)Nc1ccc(C2(C(=O)NCc3ccccc3)CC2)cc1. The third-order valence-electron chi connectivity index (χ3n) is 4.96. The Kier molecular flexibility index (Phi) is 5.71. The van der Waals surface area contributed by atoms with E-state index in [1.54, 1.807) is 0 Å². The first-order valence-electron chi connectivity index (χ1n) is 9.37. The summed E-state index contributed by atoms with van der Waals surface area (Å²) in [5, 5.41) is 5.97. The first-order chi connectivity index (χ1) is 12.6. The van der Waals surface area contributed by atoms with Crippen LogP contribution in [0.15, 0.2) is 54.6 Å². The molecule has 0 heterocycles. The Morgan fingerprint density at radius 2 is 1.69 bits per heavy atom. The molecule has 0 spiro atoms. The molecular weight excluding hydrogens is 324 g/mol. The van der Waals surface area contributed by atoms with Crippen molar-refractivity contribution in [3.05, 3.63) is 65.7 Å². The monoisotopic (exact) mass is 350 g/mol. The summed E-state index contributed by atoms with van der Waals surface area (Å²) in [6, 6.07) is 17.6. The van der Waals surface area contributed by atoms with E-state index in [0.717, 1.165) is 42.5 Å². The number of amides is 2. The summed E-state index contributed by atoms with van der Waals surface area (Å²) in [5.74, 6) is 0.127. The lowest BCUT2D eigenvalue weighted by Crippen LogP contribution is -2.34. The van der Waals surface area contributed by atoms with Gasteiger partial charge in [-0.05, 0) is 42.5 Å². The van der Waals surface area contributed by atoms with Gasteiger partial charge in [-0.25, -0.2) is 0 Å². The molecule has 2 aromatic carbocycles.